The lowest BCUT2D eigenvalue weighted by molar-refractivity contribution is -0.126. The van der Waals surface area contributed by atoms with Gasteiger partial charge in [0.15, 0.2) is 0 Å². The number of ether oxygens (including phenoxy) is 1. The summed E-state index contributed by atoms with van der Waals surface area (Å²) >= 11 is 0. The molecule has 2 saturated heterocycles. The van der Waals surface area contributed by atoms with E-state index >= 15 is 0 Å². The molecule has 2 spiro atoms. The molecule has 3 N–H and O–H groups in total. The molecule has 2 amide bonds. The third-order valence-corrected chi connectivity index (χ3v) is 14.5. The van der Waals surface area contributed by atoms with Crippen molar-refractivity contribution >= 4 is 11.8 Å². The average Bonchev–Trinajstić information content (AvgIpc) is 3.27. The summed E-state index contributed by atoms with van der Waals surface area (Å²) in [6.07, 6.45) is 15.0. The number of aliphatic hydroxyl groups excluding tert-OH is 1. The van der Waals surface area contributed by atoms with Crippen LogP contribution >= 0.6 is 0 Å². The number of carbonyl (C=O) groups excluding carboxylic acids is 2. The van der Waals surface area contributed by atoms with Crippen LogP contribution in [0.4, 0.5) is 0 Å². The maximum absolute atomic E-state index is 12.3. The first-order valence-corrected chi connectivity index (χ1v) is 17.8. The van der Waals surface area contributed by atoms with Crippen molar-refractivity contribution < 1.29 is 19.4 Å². The SMILES string of the molecule is CCC(=O)NCC(=O)NCCN1C[C@@H](C)C[C@H]2O[C@]3(CC[C@H]4[C@@H]5CC=C6C[C@@H](O)CC[C@]6(C)[C@H]5CC45CC5(C)C3)[C@H](C)[C@@H]21. The van der Waals surface area contributed by atoms with Gasteiger partial charge in [0.05, 0.1) is 24.4 Å². The number of nitrogens with one attached hydrogen (secondary N) is 2. The lowest BCUT2D eigenvalue weighted by atomic mass is 9.56. The third-order valence-electron chi connectivity index (χ3n) is 14.5. The number of carbonyl (C=O) groups is 2. The minimum Gasteiger partial charge on any atom is -0.393 e. The number of hydrogen-bond acceptors (Lipinski definition) is 5. The van der Waals surface area contributed by atoms with Gasteiger partial charge < -0.3 is 20.5 Å². The van der Waals surface area contributed by atoms with Crippen molar-refractivity contribution in [2.24, 2.45) is 45.8 Å². The number of aliphatic hydroxyl groups is 1. The Bertz CT molecular complexity index is 1170. The van der Waals surface area contributed by atoms with Gasteiger partial charge in [-0.1, -0.05) is 46.3 Å². The maximum atomic E-state index is 12.3. The van der Waals surface area contributed by atoms with Crippen LogP contribution in [-0.4, -0.2) is 71.9 Å². The summed E-state index contributed by atoms with van der Waals surface area (Å²) in [4.78, 5) is 26.5. The second-order valence-corrected chi connectivity index (χ2v) is 16.8. The van der Waals surface area contributed by atoms with Crippen LogP contribution in [-0.2, 0) is 14.3 Å². The summed E-state index contributed by atoms with van der Waals surface area (Å²) < 4.78 is 7.35. The molecule has 5 aliphatic carbocycles. The highest BCUT2D eigenvalue weighted by Gasteiger charge is 2.77. The number of fused-ring (bicyclic) bond motifs is 5. The molecule has 7 aliphatic rings. The molecular weight excluding hydrogens is 538 g/mol. The molecule has 6 fully saturated rings. The zero-order valence-corrected chi connectivity index (χ0v) is 27.4. The Balaban J connectivity index is 1.05. The molecule has 2 aliphatic heterocycles. The minimum absolute atomic E-state index is 0.0437. The zero-order chi connectivity index (χ0) is 30.4. The molecule has 7 nitrogen and oxygen atoms in total. The van der Waals surface area contributed by atoms with Crippen LogP contribution in [0.3, 0.4) is 0 Å². The molecule has 7 rings (SSSR count). The fourth-order valence-electron chi connectivity index (χ4n) is 12.4. The minimum atomic E-state index is -0.136. The van der Waals surface area contributed by atoms with E-state index in [0.29, 0.717) is 47.1 Å². The van der Waals surface area contributed by atoms with E-state index in [1.54, 1.807) is 12.5 Å². The fraction of sp³-hybridized carbons (Fsp3) is 0.889. The van der Waals surface area contributed by atoms with E-state index in [1.807, 2.05) is 0 Å². The van der Waals surface area contributed by atoms with Crippen LogP contribution in [0, 0.1) is 45.8 Å². The fourth-order valence-corrected chi connectivity index (χ4v) is 12.4. The largest absolute Gasteiger partial charge is 0.393 e. The van der Waals surface area contributed by atoms with Gasteiger partial charge >= 0.3 is 0 Å². The molecule has 7 heteroatoms. The highest BCUT2D eigenvalue weighted by molar-refractivity contribution is 5.84. The molecule has 0 aromatic rings. The van der Waals surface area contributed by atoms with Gasteiger partial charge in [-0.25, -0.2) is 0 Å². The van der Waals surface area contributed by atoms with E-state index in [1.165, 1.54) is 38.5 Å². The first-order chi connectivity index (χ1) is 20.4. The molecule has 0 radical (unpaired) electrons. The Morgan fingerprint density at radius 1 is 1.09 bits per heavy atom. The Hall–Kier alpha value is -1.44. The van der Waals surface area contributed by atoms with Gasteiger partial charge in [-0.05, 0) is 104 Å². The van der Waals surface area contributed by atoms with Gasteiger partial charge in [0, 0.05) is 38.0 Å². The van der Waals surface area contributed by atoms with Crippen LogP contribution in [0.2, 0.25) is 0 Å². The highest BCUT2D eigenvalue weighted by atomic mass is 16.5. The molecule has 2 heterocycles. The van der Waals surface area contributed by atoms with Crippen molar-refractivity contribution in [1.82, 2.24) is 15.5 Å². The standard InChI is InChI=1S/C36H57N3O4/c1-6-30(41)38-18-31(42)37-13-14-39-19-22(2)15-29-32(39)23(3)36(43-29)12-10-27-26-8-7-24-16-25(40)9-11-34(24,5)28(26)17-35(27)20-33(35,4)21-36/h7,22-23,25-29,32,40H,6,8-21H2,1-5H3,(H,37,42)(H,38,41)/t22-,23+,25-,26-,27-,28-,29+,32-,33?,34-,35?,36-/m0/s1. The van der Waals surface area contributed by atoms with Crippen molar-refractivity contribution in [3.8, 4) is 0 Å². The summed E-state index contributed by atoms with van der Waals surface area (Å²) in [5.74, 6) is 3.24. The molecule has 0 aromatic heterocycles. The van der Waals surface area contributed by atoms with Crippen LogP contribution in [0.5, 0.6) is 0 Å². The molecule has 240 valence electrons. The van der Waals surface area contributed by atoms with E-state index in [0.717, 1.165) is 56.5 Å². The average molecular weight is 596 g/mol. The van der Waals surface area contributed by atoms with E-state index in [2.05, 4.69) is 49.3 Å². The Kier molecular flexibility index (Phi) is 7.42. The second kappa shape index (κ2) is 10.6. The normalized spacial score (nSPS) is 50.0. The van der Waals surface area contributed by atoms with Crippen LogP contribution < -0.4 is 10.6 Å². The van der Waals surface area contributed by atoms with E-state index in [4.69, 9.17) is 4.74 Å². The number of hydrogen-bond donors (Lipinski definition) is 3. The Morgan fingerprint density at radius 3 is 2.70 bits per heavy atom. The van der Waals surface area contributed by atoms with E-state index < -0.39 is 0 Å². The Morgan fingerprint density at radius 2 is 1.91 bits per heavy atom. The molecule has 43 heavy (non-hydrogen) atoms. The molecule has 0 aromatic carbocycles. The van der Waals surface area contributed by atoms with Crippen molar-refractivity contribution in [2.45, 2.75) is 129 Å². The number of rotatable bonds is 6. The van der Waals surface area contributed by atoms with Gasteiger partial charge in [-0.2, -0.15) is 0 Å². The van der Waals surface area contributed by atoms with Crippen LogP contribution in [0.1, 0.15) is 105 Å². The molecule has 12 atom stereocenters. The van der Waals surface area contributed by atoms with Gasteiger partial charge in [-0.3, -0.25) is 14.5 Å². The number of likely N-dealkylation sites (tertiary alicyclic amines) is 1. The van der Waals surface area contributed by atoms with Crippen molar-refractivity contribution in [3.63, 3.8) is 0 Å². The molecule has 2 unspecified atom stereocenters. The van der Waals surface area contributed by atoms with Crippen LogP contribution in [0.15, 0.2) is 11.6 Å². The highest BCUT2D eigenvalue weighted by Crippen LogP contribution is 2.83. The van der Waals surface area contributed by atoms with Gasteiger partial charge in [0.25, 0.3) is 0 Å². The van der Waals surface area contributed by atoms with Crippen molar-refractivity contribution in [1.29, 1.82) is 0 Å². The van der Waals surface area contributed by atoms with Crippen molar-refractivity contribution in [3.05, 3.63) is 11.6 Å². The summed E-state index contributed by atoms with van der Waals surface area (Å²) in [5.41, 5.74) is 2.68. The zero-order valence-electron chi connectivity index (χ0n) is 27.4. The monoisotopic (exact) mass is 595 g/mol. The lowest BCUT2D eigenvalue weighted by Crippen LogP contribution is -2.54. The number of piperidine rings is 1. The summed E-state index contributed by atoms with van der Waals surface area (Å²) in [7, 11) is 0. The van der Waals surface area contributed by atoms with E-state index in [-0.39, 0.29) is 36.2 Å². The molecule has 4 saturated carbocycles. The summed E-state index contributed by atoms with van der Waals surface area (Å²) in [6, 6.07) is 0.407. The smallest absolute Gasteiger partial charge is 0.239 e. The predicted molar refractivity (Wildman–Crippen MR) is 167 cm³/mol. The molecule has 0 bridgehead atoms. The van der Waals surface area contributed by atoms with Crippen LogP contribution in [0.25, 0.3) is 0 Å². The lowest BCUT2D eigenvalue weighted by Gasteiger charge is -2.49. The third kappa shape index (κ3) is 4.68. The first kappa shape index (κ1) is 30.2. The van der Waals surface area contributed by atoms with Gasteiger partial charge in [0.2, 0.25) is 11.8 Å². The maximum Gasteiger partial charge on any atom is 0.239 e. The summed E-state index contributed by atoms with van der Waals surface area (Å²) in [6.45, 7) is 14.4. The molecular formula is C36H57N3O4. The van der Waals surface area contributed by atoms with E-state index in [9.17, 15) is 14.7 Å². The second-order valence-electron chi connectivity index (χ2n) is 16.8. The quantitative estimate of drug-likeness (QED) is 0.383. The number of amides is 2. The number of allylic oxidation sites excluding steroid dienone is 1. The number of nitrogens with zero attached hydrogens (tertiary/aromatic N) is 1. The van der Waals surface area contributed by atoms with Gasteiger partial charge in [0.1, 0.15) is 0 Å². The topological polar surface area (TPSA) is 90.9 Å². The summed E-state index contributed by atoms with van der Waals surface area (Å²) in [5, 5.41) is 16.2. The Labute approximate surface area is 259 Å². The predicted octanol–water partition coefficient (Wildman–Crippen LogP) is 4.83. The van der Waals surface area contributed by atoms with Gasteiger partial charge in [-0.15, -0.1) is 0 Å². The first-order valence-electron chi connectivity index (χ1n) is 17.8. The van der Waals surface area contributed by atoms with Crippen molar-refractivity contribution in [2.75, 3.05) is 26.2 Å².